The predicted octanol–water partition coefficient (Wildman–Crippen LogP) is -0.154. The van der Waals surface area contributed by atoms with E-state index < -0.39 is 11.6 Å². The Bertz CT molecular complexity index is 462. The van der Waals surface area contributed by atoms with E-state index in [0.29, 0.717) is 12.8 Å². The van der Waals surface area contributed by atoms with Gasteiger partial charge in [-0.05, 0) is 12.8 Å². The highest BCUT2D eigenvalue weighted by Crippen LogP contribution is 2.42. The maximum atomic E-state index is 11.8. The number of nitrogen functional groups attached to an aromatic ring is 1. The molecule has 7 nitrogen and oxygen atoms in total. The van der Waals surface area contributed by atoms with Gasteiger partial charge in [0, 0.05) is 0 Å². The third kappa shape index (κ3) is 0.969. The highest BCUT2D eigenvalue weighted by Gasteiger charge is 2.61. The van der Waals surface area contributed by atoms with Crippen LogP contribution in [0.1, 0.15) is 12.8 Å². The van der Waals surface area contributed by atoms with Crippen LogP contribution in [-0.2, 0) is 4.79 Å². The van der Waals surface area contributed by atoms with Crippen LogP contribution < -0.4 is 16.0 Å². The quantitative estimate of drug-likeness (QED) is 0.624. The number of anilines is 2. The van der Waals surface area contributed by atoms with Crippen LogP contribution in [-0.4, -0.2) is 22.5 Å². The van der Waals surface area contributed by atoms with E-state index >= 15 is 0 Å². The normalized spacial score (nSPS) is 22.3. The number of amides is 3. The Morgan fingerprint density at radius 2 is 2.27 bits per heavy atom. The summed E-state index contributed by atoms with van der Waals surface area (Å²) in [5.74, 6) is -0.239. The Balaban J connectivity index is 1.99. The van der Waals surface area contributed by atoms with Gasteiger partial charge >= 0.3 is 12.0 Å². The maximum absolute atomic E-state index is 11.8. The van der Waals surface area contributed by atoms with Gasteiger partial charge in [-0.1, -0.05) is 0 Å². The first-order valence-corrected chi connectivity index (χ1v) is 4.50. The van der Waals surface area contributed by atoms with Crippen molar-refractivity contribution in [1.29, 1.82) is 0 Å². The fourth-order valence-electron chi connectivity index (χ4n) is 1.64. The van der Waals surface area contributed by atoms with Crippen LogP contribution in [0.3, 0.4) is 0 Å². The second-order valence-electron chi connectivity index (χ2n) is 3.70. The molecule has 0 aromatic carbocycles. The van der Waals surface area contributed by atoms with E-state index in [-0.39, 0.29) is 17.8 Å². The van der Waals surface area contributed by atoms with Crippen molar-refractivity contribution in [3.05, 3.63) is 6.20 Å². The van der Waals surface area contributed by atoms with Gasteiger partial charge in [-0.15, -0.1) is 0 Å². The number of carbonyl (C=O) groups excluding carboxylic acids is 2. The topological polar surface area (TPSA) is 101 Å². The summed E-state index contributed by atoms with van der Waals surface area (Å²) < 4.78 is 4.94. The van der Waals surface area contributed by atoms with Crippen molar-refractivity contribution in [2.75, 3.05) is 10.6 Å². The van der Waals surface area contributed by atoms with Crippen molar-refractivity contribution in [3.63, 3.8) is 0 Å². The molecular weight excluding hydrogens is 200 g/mol. The maximum Gasteiger partial charge on any atom is 0.333 e. The first-order chi connectivity index (χ1) is 7.12. The first kappa shape index (κ1) is 8.27. The summed E-state index contributed by atoms with van der Waals surface area (Å²) in [4.78, 5) is 28.0. The molecule has 0 radical (unpaired) electrons. The Morgan fingerprint density at radius 1 is 1.53 bits per heavy atom. The molecule has 15 heavy (non-hydrogen) atoms. The van der Waals surface area contributed by atoms with Gasteiger partial charge in [-0.25, -0.2) is 4.79 Å². The number of hydrogen-bond donors (Lipinski definition) is 2. The fourth-order valence-corrected chi connectivity index (χ4v) is 1.64. The van der Waals surface area contributed by atoms with E-state index in [9.17, 15) is 9.59 Å². The molecule has 3 amide bonds. The van der Waals surface area contributed by atoms with Crippen molar-refractivity contribution in [1.82, 2.24) is 10.3 Å². The standard InChI is InChI=1S/C8H8N4O3/c9-4-3-10-7(15-4)12-5(13)8(1-2-8)11-6(12)14/h3H,1-2,9H2,(H,11,14). The fraction of sp³-hybridized carbons (Fsp3) is 0.375. The monoisotopic (exact) mass is 208 g/mol. The number of aromatic nitrogens is 1. The summed E-state index contributed by atoms with van der Waals surface area (Å²) in [7, 11) is 0. The minimum atomic E-state index is -0.694. The Kier molecular flexibility index (Phi) is 1.27. The first-order valence-electron chi connectivity index (χ1n) is 4.50. The van der Waals surface area contributed by atoms with Gasteiger partial charge in [0.2, 0.25) is 5.88 Å². The molecular formula is C8H8N4O3. The Morgan fingerprint density at radius 3 is 2.73 bits per heavy atom. The van der Waals surface area contributed by atoms with E-state index in [4.69, 9.17) is 10.2 Å². The molecule has 1 aromatic rings. The van der Waals surface area contributed by atoms with Gasteiger partial charge < -0.3 is 15.5 Å². The third-order valence-electron chi connectivity index (χ3n) is 2.61. The number of carbonyl (C=O) groups is 2. The number of urea groups is 1. The molecule has 1 spiro atoms. The van der Waals surface area contributed by atoms with E-state index in [2.05, 4.69) is 10.3 Å². The molecule has 2 fully saturated rings. The van der Waals surface area contributed by atoms with Crippen molar-refractivity contribution in [2.45, 2.75) is 18.4 Å². The lowest BCUT2D eigenvalue weighted by Crippen LogP contribution is -2.32. The SMILES string of the molecule is Nc1cnc(N2C(=O)NC3(CC3)C2=O)o1. The summed E-state index contributed by atoms with van der Waals surface area (Å²) in [5, 5.41) is 2.61. The molecule has 1 aliphatic carbocycles. The van der Waals surface area contributed by atoms with Crippen LogP contribution in [0, 0.1) is 0 Å². The predicted molar refractivity (Wildman–Crippen MR) is 48.9 cm³/mol. The molecule has 3 N–H and O–H groups in total. The van der Waals surface area contributed by atoms with Gasteiger partial charge in [0.15, 0.2) is 0 Å². The molecule has 0 bridgehead atoms. The second-order valence-corrected chi connectivity index (χ2v) is 3.70. The van der Waals surface area contributed by atoms with Crippen molar-refractivity contribution in [2.24, 2.45) is 0 Å². The minimum absolute atomic E-state index is 0.0706. The van der Waals surface area contributed by atoms with Crippen molar-refractivity contribution < 1.29 is 14.0 Å². The number of nitrogens with zero attached hydrogens (tertiary/aromatic N) is 2. The van der Waals surface area contributed by atoms with Gasteiger partial charge in [-0.3, -0.25) is 4.79 Å². The molecule has 3 rings (SSSR count). The molecule has 1 saturated heterocycles. The number of nitrogens with one attached hydrogen (secondary N) is 1. The van der Waals surface area contributed by atoms with Crippen LogP contribution >= 0.6 is 0 Å². The van der Waals surface area contributed by atoms with Gasteiger partial charge in [0.1, 0.15) is 5.54 Å². The molecule has 1 saturated carbocycles. The summed E-state index contributed by atoms with van der Waals surface area (Å²) >= 11 is 0. The zero-order chi connectivity index (χ0) is 10.6. The highest BCUT2D eigenvalue weighted by molar-refractivity contribution is 6.23. The minimum Gasteiger partial charge on any atom is -0.407 e. The van der Waals surface area contributed by atoms with Crippen LogP contribution in [0.15, 0.2) is 10.6 Å². The lowest BCUT2D eigenvalue weighted by molar-refractivity contribution is -0.119. The molecule has 7 heteroatoms. The smallest absolute Gasteiger partial charge is 0.333 e. The Labute approximate surface area is 84.2 Å². The molecule has 1 aliphatic heterocycles. The summed E-state index contributed by atoms with van der Waals surface area (Å²) in [6, 6.07) is -0.571. The van der Waals surface area contributed by atoms with Gasteiger partial charge in [-0.2, -0.15) is 9.88 Å². The third-order valence-corrected chi connectivity index (χ3v) is 2.61. The molecule has 2 aliphatic rings. The lowest BCUT2D eigenvalue weighted by atomic mass is 10.3. The number of rotatable bonds is 1. The molecule has 2 heterocycles. The number of hydrogen-bond acceptors (Lipinski definition) is 5. The lowest BCUT2D eigenvalue weighted by Gasteiger charge is -2.06. The molecule has 0 unspecified atom stereocenters. The van der Waals surface area contributed by atoms with Gasteiger partial charge in [0.25, 0.3) is 5.91 Å². The Hall–Kier alpha value is -2.05. The summed E-state index contributed by atoms with van der Waals surface area (Å²) in [6.45, 7) is 0. The summed E-state index contributed by atoms with van der Waals surface area (Å²) in [6.07, 6.45) is 2.60. The molecule has 0 atom stereocenters. The molecule has 1 aromatic heterocycles. The molecule has 78 valence electrons. The largest absolute Gasteiger partial charge is 0.407 e. The average Bonchev–Trinajstić information content (AvgIpc) is 2.76. The zero-order valence-corrected chi connectivity index (χ0v) is 7.69. The van der Waals surface area contributed by atoms with Crippen molar-refractivity contribution >= 4 is 23.8 Å². The zero-order valence-electron chi connectivity index (χ0n) is 7.69. The average molecular weight is 208 g/mol. The van der Waals surface area contributed by atoms with Crippen LogP contribution in [0.25, 0.3) is 0 Å². The van der Waals surface area contributed by atoms with Crippen LogP contribution in [0.5, 0.6) is 0 Å². The number of imide groups is 1. The van der Waals surface area contributed by atoms with E-state index in [0.717, 1.165) is 4.90 Å². The number of oxazole rings is 1. The second kappa shape index (κ2) is 2.30. The highest BCUT2D eigenvalue weighted by atomic mass is 16.4. The van der Waals surface area contributed by atoms with Crippen LogP contribution in [0.4, 0.5) is 16.7 Å². The van der Waals surface area contributed by atoms with Gasteiger partial charge in [0.05, 0.1) is 6.20 Å². The van der Waals surface area contributed by atoms with Crippen molar-refractivity contribution in [3.8, 4) is 0 Å². The summed E-state index contributed by atoms with van der Waals surface area (Å²) in [5.41, 5.74) is 4.63. The van der Waals surface area contributed by atoms with E-state index in [1.165, 1.54) is 6.20 Å². The van der Waals surface area contributed by atoms with E-state index in [1.54, 1.807) is 0 Å². The van der Waals surface area contributed by atoms with Crippen LogP contribution in [0.2, 0.25) is 0 Å². The van der Waals surface area contributed by atoms with E-state index in [1.807, 2.05) is 0 Å². The number of nitrogens with two attached hydrogens (primary N) is 1.